The summed E-state index contributed by atoms with van der Waals surface area (Å²) in [6.45, 7) is 2.41. The molecule has 2 saturated carbocycles. The van der Waals surface area contributed by atoms with Gasteiger partial charge in [-0.2, -0.15) is 0 Å². The molecule has 2 rings (SSSR count). The minimum atomic E-state index is 0.731. The van der Waals surface area contributed by atoms with E-state index in [2.05, 4.69) is 14.8 Å². The first-order valence-electron chi connectivity index (χ1n) is 6.77. The minimum absolute atomic E-state index is 0.731. The van der Waals surface area contributed by atoms with E-state index >= 15 is 0 Å². The number of rotatable bonds is 2. The quantitative estimate of drug-likeness (QED) is 0.586. The molecule has 0 nitrogen and oxygen atoms in total. The molecule has 0 N–H and O–H groups in total. The molecule has 2 aliphatic carbocycles. The van der Waals surface area contributed by atoms with Crippen LogP contribution in [-0.2, 0) is 0 Å². The van der Waals surface area contributed by atoms with Gasteiger partial charge in [-0.1, -0.05) is 70.0 Å². The normalized spacial score (nSPS) is 40.2. The zero-order chi connectivity index (χ0) is 10.0. The molecule has 1 unspecified atom stereocenters. The molecule has 0 heterocycles. The van der Waals surface area contributed by atoms with Gasteiger partial charge in [-0.05, 0) is 11.8 Å². The Morgan fingerprint density at radius 2 is 1.79 bits per heavy atom. The summed E-state index contributed by atoms with van der Waals surface area (Å²) < 4.78 is 0. The lowest BCUT2D eigenvalue weighted by Crippen LogP contribution is -2.27. The second-order valence-electron chi connectivity index (χ2n) is 5.84. The van der Waals surface area contributed by atoms with E-state index in [1.807, 2.05) is 0 Å². The first-order valence-corrected chi connectivity index (χ1v) is 6.77. The molecule has 0 saturated heterocycles. The third-order valence-corrected chi connectivity index (χ3v) is 4.95. The van der Waals surface area contributed by atoms with Crippen LogP contribution in [0.4, 0.5) is 0 Å². The van der Waals surface area contributed by atoms with Crippen molar-refractivity contribution >= 4 is 7.85 Å². The van der Waals surface area contributed by atoms with Crippen LogP contribution in [0.3, 0.4) is 0 Å². The van der Waals surface area contributed by atoms with E-state index < -0.39 is 0 Å². The molecular formula is C13H25B. The summed E-state index contributed by atoms with van der Waals surface area (Å²) in [5.74, 6) is 2.14. The molecule has 0 aromatic rings. The van der Waals surface area contributed by atoms with Crippen LogP contribution in [-0.4, -0.2) is 7.85 Å². The first-order chi connectivity index (χ1) is 6.77. The van der Waals surface area contributed by atoms with Gasteiger partial charge in [-0.15, -0.1) is 0 Å². The predicted molar refractivity (Wildman–Crippen MR) is 65.4 cm³/mol. The Hall–Kier alpha value is 0.0649. The average molecular weight is 192 g/mol. The van der Waals surface area contributed by atoms with Gasteiger partial charge in [0.1, 0.15) is 7.85 Å². The van der Waals surface area contributed by atoms with Crippen LogP contribution in [0.5, 0.6) is 0 Å². The van der Waals surface area contributed by atoms with Crippen molar-refractivity contribution in [3.05, 3.63) is 0 Å². The van der Waals surface area contributed by atoms with E-state index in [1.54, 1.807) is 0 Å². The second kappa shape index (κ2) is 4.29. The van der Waals surface area contributed by atoms with Gasteiger partial charge in [0.2, 0.25) is 0 Å². The molecule has 80 valence electrons. The molecule has 0 aromatic heterocycles. The number of hydrogen-bond acceptors (Lipinski definition) is 0. The number of hydrogen-bond donors (Lipinski definition) is 0. The molecule has 2 aliphatic rings. The van der Waals surface area contributed by atoms with Gasteiger partial charge in [0.15, 0.2) is 0 Å². The van der Waals surface area contributed by atoms with Crippen molar-refractivity contribution < 1.29 is 0 Å². The zero-order valence-corrected chi connectivity index (χ0v) is 10.0. The van der Waals surface area contributed by atoms with Crippen LogP contribution >= 0.6 is 0 Å². The van der Waals surface area contributed by atoms with Crippen molar-refractivity contribution in [1.82, 2.24) is 0 Å². The van der Waals surface area contributed by atoms with E-state index in [4.69, 9.17) is 0 Å². The second-order valence-corrected chi connectivity index (χ2v) is 5.84. The van der Waals surface area contributed by atoms with Crippen LogP contribution in [0, 0.1) is 11.8 Å². The Bertz CT molecular complexity index is 186. The molecule has 14 heavy (non-hydrogen) atoms. The summed E-state index contributed by atoms with van der Waals surface area (Å²) in [6.07, 6.45) is 13.5. The molecule has 2 fully saturated rings. The van der Waals surface area contributed by atoms with Crippen molar-refractivity contribution in [1.29, 1.82) is 0 Å². The van der Waals surface area contributed by atoms with Gasteiger partial charge in [-0.25, -0.2) is 0 Å². The molecule has 0 spiro atoms. The summed E-state index contributed by atoms with van der Waals surface area (Å²) in [7, 11) is 2.60. The van der Waals surface area contributed by atoms with E-state index in [0.717, 1.165) is 17.2 Å². The maximum absolute atomic E-state index is 2.60. The van der Waals surface area contributed by atoms with E-state index in [1.165, 1.54) is 57.8 Å². The Morgan fingerprint density at radius 1 is 1.07 bits per heavy atom. The van der Waals surface area contributed by atoms with Gasteiger partial charge >= 0.3 is 0 Å². The molecule has 0 radical (unpaired) electrons. The summed E-state index contributed by atoms with van der Waals surface area (Å²) in [5, 5.41) is 0.731. The fourth-order valence-corrected chi connectivity index (χ4v) is 3.73. The smallest absolute Gasteiger partial charge is 0.0651 e. The largest absolute Gasteiger partial charge is 0.110 e. The topological polar surface area (TPSA) is 0 Å². The van der Waals surface area contributed by atoms with Crippen molar-refractivity contribution in [2.24, 2.45) is 11.8 Å². The summed E-state index contributed by atoms with van der Waals surface area (Å²) in [6, 6.07) is 0. The standard InChI is InChI=1S/C13H25B/c1-2-11-7-5-3-4-6-10-13(11,14)12-8-9-12/h11-12H,2-10,14H2,1H3/t11?,13-/m1/s1. The first kappa shape index (κ1) is 10.6. The molecule has 1 heteroatoms. The maximum Gasteiger partial charge on any atom is 0.110 e. The van der Waals surface area contributed by atoms with Crippen LogP contribution in [0.1, 0.15) is 64.7 Å². The van der Waals surface area contributed by atoms with Gasteiger partial charge in [-0.3, -0.25) is 0 Å². The van der Waals surface area contributed by atoms with Gasteiger partial charge < -0.3 is 0 Å². The maximum atomic E-state index is 2.60. The molecule has 0 aliphatic heterocycles. The Kier molecular flexibility index (Phi) is 3.24. The third kappa shape index (κ3) is 2.02. The average Bonchev–Trinajstić information content (AvgIpc) is 2.95. The highest BCUT2D eigenvalue weighted by Crippen LogP contribution is 2.59. The van der Waals surface area contributed by atoms with Crippen LogP contribution in [0.15, 0.2) is 0 Å². The lowest BCUT2D eigenvalue weighted by atomic mass is 9.53. The van der Waals surface area contributed by atoms with Crippen LogP contribution in [0.2, 0.25) is 5.31 Å². The monoisotopic (exact) mass is 192 g/mol. The Labute approximate surface area is 90.3 Å². The van der Waals surface area contributed by atoms with Crippen molar-refractivity contribution in [3.8, 4) is 0 Å². The van der Waals surface area contributed by atoms with E-state index in [9.17, 15) is 0 Å². The Morgan fingerprint density at radius 3 is 2.43 bits per heavy atom. The van der Waals surface area contributed by atoms with Crippen molar-refractivity contribution in [3.63, 3.8) is 0 Å². The summed E-state index contributed by atoms with van der Waals surface area (Å²) in [4.78, 5) is 0. The lowest BCUT2D eigenvalue weighted by Gasteiger charge is -2.40. The van der Waals surface area contributed by atoms with E-state index in [0.29, 0.717) is 0 Å². The van der Waals surface area contributed by atoms with Crippen molar-refractivity contribution in [2.75, 3.05) is 0 Å². The minimum Gasteiger partial charge on any atom is -0.0651 e. The fourth-order valence-electron chi connectivity index (χ4n) is 3.73. The summed E-state index contributed by atoms with van der Waals surface area (Å²) in [5.41, 5.74) is 0. The van der Waals surface area contributed by atoms with Crippen molar-refractivity contribution in [2.45, 2.75) is 70.0 Å². The Balaban J connectivity index is 2.05. The fraction of sp³-hybridized carbons (Fsp3) is 1.00. The SMILES string of the molecule is B[C@]1(C2CC2)CCCCCCC1CC. The molecule has 0 aromatic carbocycles. The highest BCUT2D eigenvalue weighted by Gasteiger charge is 2.45. The molecule has 0 amide bonds. The molecule has 2 atom stereocenters. The van der Waals surface area contributed by atoms with E-state index in [-0.39, 0.29) is 0 Å². The zero-order valence-electron chi connectivity index (χ0n) is 10.0. The van der Waals surface area contributed by atoms with Crippen LogP contribution in [0.25, 0.3) is 0 Å². The highest BCUT2D eigenvalue weighted by molar-refractivity contribution is 6.15. The van der Waals surface area contributed by atoms with Gasteiger partial charge in [0, 0.05) is 0 Å². The molecule has 0 bridgehead atoms. The predicted octanol–water partition coefficient (Wildman–Crippen LogP) is 3.57. The van der Waals surface area contributed by atoms with Gasteiger partial charge in [0.25, 0.3) is 0 Å². The lowest BCUT2D eigenvalue weighted by molar-refractivity contribution is 0.246. The van der Waals surface area contributed by atoms with Crippen LogP contribution < -0.4 is 0 Å². The highest BCUT2D eigenvalue weighted by atomic mass is 14.5. The molecular weight excluding hydrogens is 167 g/mol. The summed E-state index contributed by atoms with van der Waals surface area (Å²) >= 11 is 0. The van der Waals surface area contributed by atoms with Gasteiger partial charge in [0.05, 0.1) is 0 Å². The third-order valence-electron chi connectivity index (χ3n) is 4.95.